The lowest BCUT2D eigenvalue weighted by molar-refractivity contribution is 0.591. The molecule has 21 heavy (non-hydrogen) atoms. The second-order valence-corrected chi connectivity index (χ2v) is 6.23. The lowest BCUT2D eigenvalue weighted by Gasteiger charge is -2.20. The fourth-order valence-corrected chi connectivity index (χ4v) is 3.17. The maximum absolute atomic E-state index is 13.2. The predicted molar refractivity (Wildman–Crippen MR) is 90.5 cm³/mol. The van der Waals surface area contributed by atoms with Crippen molar-refractivity contribution < 1.29 is 4.39 Å². The second-order valence-electron chi connectivity index (χ2n) is 4.97. The van der Waals surface area contributed by atoms with E-state index >= 15 is 0 Å². The molecule has 0 amide bonds. The van der Waals surface area contributed by atoms with Crippen molar-refractivity contribution in [1.29, 1.82) is 0 Å². The summed E-state index contributed by atoms with van der Waals surface area (Å²) in [6.07, 6.45) is 0.803. The van der Waals surface area contributed by atoms with Gasteiger partial charge in [-0.05, 0) is 42.3 Å². The van der Waals surface area contributed by atoms with Crippen molar-refractivity contribution in [2.75, 3.05) is 13.1 Å². The van der Waals surface area contributed by atoms with E-state index in [2.05, 4.69) is 34.2 Å². The molecule has 0 radical (unpaired) electrons. The number of nitrogens with one attached hydrogen (secondary N) is 1. The van der Waals surface area contributed by atoms with Gasteiger partial charge in [-0.1, -0.05) is 58.7 Å². The SMILES string of the molecule is CCNCC(Cc1ccc(F)cc1Br)c1ccccc1Cl. The zero-order valence-electron chi connectivity index (χ0n) is 11.9. The van der Waals surface area contributed by atoms with Crippen LogP contribution in [0.15, 0.2) is 46.9 Å². The summed E-state index contributed by atoms with van der Waals surface area (Å²) in [6.45, 7) is 3.83. The first-order chi connectivity index (χ1) is 10.1. The summed E-state index contributed by atoms with van der Waals surface area (Å²) in [5.74, 6) is 0.0204. The lowest BCUT2D eigenvalue weighted by Crippen LogP contribution is -2.23. The van der Waals surface area contributed by atoms with Crippen molar-refractivity contribution in [3.63, 3.8) is 0 Å². The van der Waals surface area contributed by atoms with E-state index in [0.29, 0.717) is 0 Å². The zero-order chi connectivity index (χ0) is 15.2. The normalized spacial score (nSPS) is 12.4. The number of hydrogen-bond donors (Lipinski definition) is 1. The van der Waals surface area contributed by atoms with E-state index in [0.717, 1.165) is 40.1 Å². The molecule has 0 heterocycles. The molecule has 0 bridgehead atoms. The van der Waals surface area contributed by atoms with Gasteiger partial charge in [0.1, 0.15) is 5.82 Å². The maximum Gasteiger partial charge on any atom is 0.124 e. The van der Waals surface area contributed by atoms with Crippen LogP contribution in [0.5, 0.6) is 0 Å². The Bertz CT molecular complexity index is 603. The van der Waals surface area contributed by atoms with Crippen molar-refractivity contribution in [3.8, 4) is 0 Å². The topological polar surface area (TPSA) is 12.0 Å². The minimum Gasteiger partial charge on any atom is -0.316 e. The highest BCUT2D eigenvalue weighted by Crippen LogP contribution is 2.29. The van der Waals surface area contributed by atoms with Crippen molar-refractivity contribution in [3.05, 3.63) is 68.9 Å². The Kier molecular flexibility index (Phi) is 6.22. The van der Waals surface area contributed by atoms with Gasteiger partial charge >= 0.3 is 0 Å². The van der Waals surface area contributed by atoms with Gasteiger partial charge in [0, 0.05) is 22.0 Å². The van der Waals surface area contributed by atoms with Crippen LogP contribution in [0.1, 0.15) is 24.0 Å². The number of halogens is 3. The smallest absolute Gasteiger partial charge is 0.124 e. The highest BCUT2D eigenvalue weighted by atomic mass is 79.9. The number of benzene rings is 2. The molecule has 0 saturated carbocycles. The fourth-order valence-electron chi connectivity index (χ4n) is 2.37. The van der Waals surface area contributed by atoms with E-state index in [9.17, 15) is 4.39 Å². The first kappa shape index (κ1) is 16.5. The van der Waals surface area contributed by atoms with Crippen LogP contribution >= 0.6 is 27.5 Å². The molecule has 0 saturated heterocycles. The Labute approximate surface area is 138 Å². The third-order valence-corrected chi connectivity index (χ3v) is 4.55. The summed E-state index contributed by atoms with van der Waals surface area (Å²) in [7, 11) is 0. The van der Waals surface area contributed by atoms with Crippen LogP contribution in [-0.2, 0) is 6.42 Å². The molecule has 2 aromatic carbocycles. The third kappa shape index (κ3) is 4.53. The maximum atomic E-state index is 13.2. The van der Waals surface area contributed by atoms with E-state index in [-0.39, 0.29) is 11.7 Å². The van der Waals surface area contributed by atoms with E-state index in [1.165, 1.54) is 12.1 Å². The third-order valence-electron chi connectivity index (χ3n) is 3.47. The summed E-state index contributed by atoms with van der Waals surface area (Å²) in [5.41, 5.74) is 2.20. The monoisotopic (exact) mass is 369 g/mol. The number of hydrogen-bond acceptors (Lipinski definition) is 1. The molecule has 2 rings (SSSR count). The molecule has 112 valence electrons. The van der Waals surface area contributed by atoms with E-state index in [1.807, 2.05) is 24.3 Å². The largest absolute Gasteiger partial charge is 0.316 e. The minimum absolute atomic E-state index is 0.230. The summed E-state index contributed by atoms with van der Waals surface area (Å²) >= 11 is 9.77. The minimum atomic E-state index is -0.230. The number of rotatable bonds is 6. The van der Waals surface area contributed by atoms with Crippen LogP contribution in [0.2, 0.25) is 5.02 Å². The van der Waals surface area contributed by atoms with Gasteiger partial charge in [0.15, 0.2) is 0 Å². The average Bonchev–Trinajstić information content (AvgIpc) is 2.46. The molecule has 2 aromatic rings. The standard InChI is InChI=1S/C17H18BrClFN/c1-2-21-11-13(15-5-3-4-6-17(15)19)9-12-7-8-14(20)10-16(12)18/h3-8,10,13,21H,2,9,11H2,1H3. The van der Waals surface area contributed by atoms with Gasteiger partial charge in [-0.3, -0.25) is 0 Å². The fraction of sp³-hybridized carbons (Fsp3) is 0.294. The quantitative estimate of drug-likeness (QED) is 0.739. The molecule has 1 atom stereocenters. The van der Waals surface area contributed by atoms with Crippen LogP contribution in [-0.4, -0.2) is 13.1 Å². The van der Waals surface area contributed by atoms with Crippen molar-refractivity contribution >= 4 is 27.5 Å². The molecule has 4 heteroatoms. The van der Waals surface area contributed by atoms with Crippen LogP contribution in [0.25, 0.3) is 0 Å². The molecule has 0 aliphatic heterocycles. The van der Waals surface area contributed by atoms with Gasteiger partial charge in [-0.15, -0.1) is 0 Å². The zero-order valence-corrected chi connectivity index (χ0v) is 14.2. The molecule has 0 spiro atoms. The molecular weight excluding hydrogens is 353 g/mol. The summed E-state index contributed by atoms with van der Waals surface area (Å²) in [5, 5.41) is 4.15. The Hall–Kier alpha value is -0.900. The predicted octanol–water partition coefficient (Wildman–Crippen LogP) is 5.18. The lowest BCUT2D eigenvalue weighted by atomic mass is 9.91. The van der Waals surface area contributed by atoms with Crippen molar-refractivity contribution in [2.45, 2.75) is 19.3 Å². The van der Waals surface area contributed by atoms with E-state index in [1.54, 1.807) is 0 Å². The second kappa shape index (κ2) is 7.92. The van der Waals surface area contributed by atoms with E-state index < -0.39 is 0 Å². The molecule has 0 fully saturated rings. The Balaban J connectivity index is 2.26. The van der Waals surface area contributed by atoms with Crippen LogP contribution in [0, 0.1) is 5.82 Å². The summed E-state index contributed by atoms with van der Waals surface area (Å²) < 4.78 is 14.0. The molecule has 0 aliphatic carbocycles. The van der Waals surface area contributed by atoms with Crippen molar-refractivity contribution in [1.82, 2.24) is 5.32 Å². The van der Waals surface area contributed by atoms with Crippen molar-refractivity contribution in [2.24, 2.45) is 0 Å². The Morgan fingerprint density at radius 1 is 1.24 bits per heavy atom. The van der Waals surface area contributed by atoms with Gasteiger partial charge in [0.2, 0.25) is 0 Å². The Morgan fingerprint density at radius 2 is 2.00 bits per heavy atom. The first-order valence-electron chi connectivity index (χ1n) is 7.01. The molecule has 1 nitrogen and oxygen atoms in total. The molecule has 0 aliphatic rings. The molecular formula is C17H18BrClFN. The molecule has 1 N–H and O–H groups in total. The highest BCUT2D eigenvalue weighted by Gasteiger charge is 2.16. The molecule has 1 unspecified atom stereocenters. The van der Waals surface area contributed by atoms with Gasteiger partial charge in [-0.2, -0.15) is 0 Å². The summed E-state index contributed by atoms with van der Waals surface area (Å²) in [4.78, 5) is 0. The van der Waals surface area contributed by atoms with Gasteiger partial charge < -0.3 is 5.32 Å². The van der Waals surface area contributed by atoms with Crippen LogP contribution in [0.3, 0.4) is 0 Å². The average molecular weight is 371 g/mol. The molecule has 0 aromatic heterocycles. The van der Waals surface area contributed by atoms with Gasteiger partial charge in [-0.25, -0.2) is 4.39 Å². The van der Waals surface area contributed by atoms with E-state index in [4.69, 9.17) is 11.6 Å². The van der Waals surface area contributed by atoms with Crippen LogP contribution in [0.4, 0.5) is 4.39 Å². The van der Waals surface area contributed by atoms with Gasteiger partial charge in [0.25, 0.3) is 0 Å². The highest BCUT2D eigenvalue weighted by molar-refractivity contribution is 9.10. The summed E-state index contributed by atoms with van der Waals surface area (Å²) in [6, 6.07) is 12.7. The first-order valence-corrected chi connectivity index (χ1v) is 8.18. The Morgan fingerprint density at radius 3 is 2.67 bits per heavy atom. The van der Waals surface area contributed by atoms with Crippen LogP contribution < -0.4 is 5.32 Å². The number of likely N-dealkylation sites (N-methyl/N-ethyl adjacent to an activating group) is 1. The van der Waals surface area contributed by atoms with Gasteiger partial charge in [0.05, 0.1) is 0 Å².